The van der Waals surface area contributed by atoms with Crippen molar-refractivity contribution in [2.24, 2.45) is 0 Å². The van der Waals surface area contributed by atoms with Gasteiger partial charge in [0.2, 0.25) is 5.91 Å². The Balaban J connectivity index is 1.41. The molecule has 1 fully saturated rings. The van der Waals surface area contributed by atoms with E-state index in [1.165, 1.54) is 37.0 Å². The van der Waals surface area contributed by atoms with Gasteiger partial charge in [0, 0.05) is 17.5 Å². The van der Waals surface area contributed by atoms with E-state index in [2.05, 4.69) is 20.6 Å². The van der Waals surface area contributed by atoms with Gasteiger partial charge in [0.15, 0.2) is 0 Å². The molecule has 2 heterocycles. The predicted molar refractivity (Wildman–Crippen MR) is 117 cm³/mol. The van der Waals surface area contributed by atoms with Gasteiger partial charge in [0.25, 0.3) is 0 Å². The second-order valence-electron chi connectivity index (χ2n) is 8.12. The van der Waals surface area contributed by atoms with Crippen LogP contribution in [0.15, 0.2) is 36.7 Å². The normalized spacial score (nSPS) is 19.2. The Labute approximate surface area is 175 Å². The number of thiophene rings is 1. The summed E-state index contributed by atoms with van der Waals surface area (Å²) < 4.78 is 0. The van der Waals surface area contributed by atoms with Crippen molar-refractivity contribution in [1.82, 2.24) is 15.3 Å². The Bertz CT molecular complexity index is 1010. The number of nitrogens with one attached hydrogen (secondary N) is 2. The van der Waals surface area contributed by atoms with Crippen LogP contribution in [0.4, 0.5) is 5.82 Å². The Kier molecular flexibility index (Phi) is 5.19. The second-order valence-corrected chi connectivity index (χ2v) is 9.20. The lowest BCUT2D eigenvalue weighted by molar-refractivity contribution is -0.122. The van der Waals surface area contributed by atoms with Crippen LogP contribution in [0.2, 0.25) is 0 Å². The van der Waals surface area contributed by atoms with E-state index >= 15 is 0 Å². The number of hydrogen-bond donors (Lipinski definition) is 2. The van der Waals surface area contributed by atoms with Crippen LogP contribution < -0.4 is 10.6 Å². The van der Waals surface area contributed by atoms with E-state index in [-0.39, 0.29) is 11.8 Å². The molecule has 1 amide bonds. The lowest BCUT2D eigenvalue weighted by Gasteiger charge is -2.24. The van der Waals surface area contributed by atoms with Crippen molar-refractivity contribution in [3.63, 3.8) is 0 Å². The van der Waals surface area contributed by atoms with E-state index < -0.39 is 0 Å². The van der Waals surface area contributed by atoms with Crippen LogP contribution in [-0.4, -0.2) is 21.9 Å². The number of carbonyl (C=O) groups excluding carboxylic acids is 1. The Hall–Kier alpha value is -2.47. The maximum atomic E-state index is 13.1. The van der Waals surface area contributed by atoms with E-state index in [4.69, 9.17) is 0 Å². The van der Waals surface area contributed by atoms with E-state index in [9.17, 15) is 4.79 Å². The number of benzene rings is 1. The van der Waals surface area contributed by atoms with Crippen molar-refractivity contribution >= 4 is 33.3 Å². The fourth-order valence-corrected chi connectivity index (χ4v) is 5.91. The third kappa shape index (κ3) is 3.73. The summed E-state index contributed by atoms with van der Waals surface area (Å²) in [6.45, 7) is 0.567. The quantitative estimate of drug-likeness (QED) is 0.640. The molecule has 2 N–H and O–H groups in total. The van der Waals surface area contributed by atoms with Crippen molar-refractivity contribution in [1.29, 1.82) is 0 Å². The molecule has 0 aliphatic heterocycles. The van der Waals surface area contributed by atoms with Crippen LogP contribution in [0.1, 0.15) is 60.4 Å². The molecule has 0 bridgehead atoms. The van der Waals surface area contributed by atoms with Crippen molar-refractivity contribution in [2.75, 3.05) is 5.32 Å². The number of aromatic nitrogens is 2. The fraction of sp³-hybridized carbons (Fsp3) is 0.435. The van der Waals surface area contributed by atoms with Gasteiger partial charge in [-0.25, -0.2) is 9.97 Å². The smallest absolute Gasteiger partial charge is 0.227 e. The maximum Gasteiger partial charge on any atom is 0.227 e. The number of anilines is 1. The van der Waals surface area contributed by atoms with Crippen molar-refractivity contribution in [3.05, 3.63) is 52.7 Å². The molecule has 1 saturated carbocycles. The topological polar surface area (TPSA) is 66.9 Å². The summed E-state index contributed by atoms with van der Waals surface area (Å²) in [5.41, 5.74) is 2.28. The SMILES string of the molecule is O=C(NCc1ccccc1)C1CCc2sc3ncnc(NC4CCCCC4)c3c21. The lowest BCUT2D eigenvalue weighted by Crippen LogP contribution is -2.28. The van der Waals surface area contributed by atoms with Gasteiger partial charge in [-0.1, -0.05) is 49.6 Å². The highest BCUT2D eigenvalue weighted by Gasteiger charge is 2.34. The van der Waals surface area contributed by atoms with Crippen molar-refractivity contribution in [3.8, 4) is 0 Å². The molecule has 5 nitrogen and oxygen atoms in total. The molecular weight excluding hydrogens is 380 g/mol. The largest absolute Gasteiger partial charge is 0.367 e. The first-order valence-electron chi connectivity index (χ1n) is 10.6. The molecule has 1 unspecified atom stereocenters. The molecule has 6 heteroatoms. The fourth-order valence-electron chi connectivity index (χ4n) is 4.69. The number of carbonyl (C=O) groups is 1. The molecule has 3 aromatic rings. The molecule has 0 saturated heterocycles. The van der Waals surface area contributed by atoms with Gasteiger partial charge in [0.05, 0.1) is 11.3 Å². The first kappa shape index (κ1) is 18.6. The third-order valence-electron chi connectivity index (χ3n) is 6.18. The highest BCUT2D eigenvalue weighted by atomic mass is 32.1. The lowest BCUT2D eigenvalue weighted by atomic mass is 9.95. The molecule has 5 rings (SSSR count). The number of nitrogens with zero attached hydrogens (tertiary/aromatic N) is 2. The van der Waals surface area contributed by atoms with Gasteiger partial charge in [-0.05, 0) is 36.8 Å². The van der Waals surface area contributed by atoms with E-state index in [0.717, 1.165) is 40.0 Å². The second kappa shape index (κ2) is 8.11. The zero-order valence-corrected chi connectivity index (χ0v) is 17.3. The van der Waals surface area contributed by atoms with Crippen molar-refractivity contribution < 1.29 is 4.79 Å². The minimum atomic E-state index is -0.111. The minimum absolute atomic E-state index is 0.111. The maximum absolute atomic E-state index is 13.1. The molecule has 2 aliphatic rings. The molecule has 0 spiro atoms. The summed E-state index contributed by atoms with van der Waals surface area (Å²) in [6.07, 6.45) is 9.74. The highest BCUT2D eigenvalue weighted by Crippen LogP contribution is 2.45. The zero-order valence-electron chi connectivity index (χ0n) is 16.5. The zero-order chi connectivity index (χ0) is 19.6. The monoisotopic (exact) mass is 406 g/mol. The van der Waals surface area contributed by atoms with Crippen molar-refractivity contribution in [2.45, 2.75) is 63.5 Å². The number of aryl methyl sites for hydroxylation is 1. The summed E-state index contributed by atoms with van der Waals surface area (Å²) in [6, 6.07) is 10.6. The molecule has 150 valence electrons. The van der Waals surface area contributed by atoms with E-state index in [1.54, 1.807) is 17.7 Å². The van der Waals surface area contributed by atoms with Gasteiger partial charge in [-0.15, -0.1) is 11.3 Å². The molecule has 1 aromatic carbocycles. The van der Waals surface area contributed by atoms with Gasteiger partial charge < -0.3 is 10.6 Å². The summed E-state index contributed by atoms with van der Waals surface area (Å²) in [5, 5.41) is 7.90. The Morgan fingerprint density at radius 2 is 1.90 bits per heavy atom. The first-order valence-corrected chi connectivity index (χ1v) is 11.5. The van der Waals surface area contributed by atoms with Crippen LogP contribution in [0.25, 0.3) is 10.2 Å². The molecule has 0 radical (unpaired) electrons. The molecular formula is C23H26N4OS. The number of amides is 1. The van der Waals surface area contributed by atoms with Gasteiger partial charge in [-0.3, -0.25) is 4.79 Å². The molecule has 29 heavy (non-hydrogen) atoms. The molecule has 2 aromatic heterocycles. The Morgan fingerprint density at radius 1 is 1.07 bits per heavy atom. The predicted octanol–water partition coefficient (Wildman–Crippen LogP) is 4.78. The van der Waals surface area contributed by atoms with E-state index in [0.29, 0.717) is 12.6 Å². The highest BCUT2D eigenvalue weighted by molar-refractivity contribution is 7.19. The first-order chi connectivity index (χ1) is 14.3. The van der Waals surface area contributed by atoms with Gasteiger partial charge in [0.1, 0.15) is 17.0 Å². The van der Waals surface area contributed by atoms with Crippen LogP contribution >= 0.6 is 11.3 Å². The molecule has 2 aliphatic carbocycles. The van der Waals surface area contributed by atoms with Gasteiger partial charge in [-0.2, -0.15) is 0 Å². The standard InChI is InChI=1S/C23H26N4OS/c28-22(24-13-15-7-3-1-4-8-15)17-11-12-18-19(17)20-21(25-14-26-23(20)29-18)27-16-9-5-2-6-10-16/h1,3-4,7-8,14,16-17H,2,5-6,9-13H2,(H,24,28)(H,25,26,27). The van der Waals surface area contributed by atoms with Crippen LogP contribution in [-0.2, 0) is 17.8 Å². The summed E-state index contributed by atoms with van der Waals surface area (Å²) in [4.78, 5) is 24.5. The van der Waals surface area contributed by atoms with Crippen LogP contribution in [0.5, 0.6) is 0 Å². The van der Waals surface area contributed by atoms with Crippen LogP contribution in [0.3, 0.4) is 0 Å². The number of fused-ring (bicyclic) bond motifs is 3. The van der Waals surface area contributed by atoms with E-state index in [1.807, 2.05) is 30.3 Å². The summed E-state index contributed by atoms with van der Waals surface area (Å²) >= 11 is 1.73. The third-order valence-corrected chi connectivity index (χ3v) is 7.36. The average molecular weight is 407 g/mol. The Morgan fingerprint density at radius 3 is 2.72 bits per heavy atom. The van der Waals surface area contributed by atoms with Crippen LogP contribution in [0, 0.1) is 0 Å². The van der Waals surface area contributed by atoms with Gasteiger partial charge >= 0.3 is 0 Å². The number of rotatable bonds is 5. The minimum Gasteiger partial charge on any atom is -0.367 e. The number of hydrogen-bond acceptors (Lipinski definition) is 5. The molecule has 1 atom stereocenters. The summed E-state index contributed by atoms with van der Waals surface area (Å²) in [5.74, 6) is 0.919. The summed E-state index contributed by atoms with van der Waals surface area (Å²) in [7, 11) is 0. The average Bonchev–Trinajstić information content (AvgIpc) is 3.33.